The van der Waals surface area contributed by atoms with Gasteiger partial charge >= 0.3 is 0 Å². The third kappa shape index (κ3) is 5.00. The Bertz CT molecular complexity index is 395. The Labute approximate surface area is 99.6 Å². The van der Waals surface area contributed by atoms with Crippen LogP contribution in [0.1, 0.15) is 12.0 Å². The van der Waals surface area contributed by atoms with Gasteiger partial charge < -0.3 is 15.2 Å². The molecule has 0 radical (unpaired) electrons. The summed E-state index contributed by atoms with van der Waals surface area (Å²) in [6.45, 7) is 0.237. The number of nitrogens with zero attached hydrogens (tertiary/aromatic N) is 1. The van der Waals surface area contributed by atoms with Crippen molar-refractivity contribution >= 4 is 5.91 Å². The lowest BCUT2D eigenvalue weighted by molar-refractivity contribution is -0.123. The van der Waals surface area contributed by atoms with E-state index in [-0.39, 0.29) is 25.5 Å². The van der Waals surface area contributed by atoms with E-state index in [1.165, 1.54) is 0 Å². The molecule has 0 atom stereocenters. The molecule has 2 N–H and O–H groups in total. The molecule has 1 rings (SSSR count). The first-order chi connectivity index (χ1) is 8.26. The summed E-state index contributed by atoms with van der Waals surface area (Å²) in [4.78, 5) is 11.2. The first-order valence-electron chi connectivity index (χ1n) is 5.22. The maximum absolute atomic E-state index is 11.2. The van der Waals surface area contributed by atoms with E-state index in [0.717, 1.165) is 5.56 Å². The predicted octanol–water partition coefficient (Wildman–Crippen LogP) is 0.588. The molecule has 0 unspecified atom stereocenters. The standard InChI is InChI=1S/C12H14N2O3/c13-6-1-7-14-12(16)9-17-11-4-2-10(8-15)3-5-11/h2-5,15H,1,7-9H2,(H,14,16). The van der Waals surface area contributed by atoms with Crippen LogP contribution in [-0.4, -0.2) is 24.2 Å². The zero-order valence-electron chi connectivity index (χ0n) is 9.35. The molecule has 0 aromatic heterocycles. The number of carbonyl (C=O) groups is 1. The Kier molecular flexibility index (Phi) is 5.55. The number of benzene rings is 1. The first-order valence-corrected chi connectivity index (χ1v) is 5.22. The van der Waals surface area contributed by atoms with Gasteiger partial charge in [-0.2, -0.15) is 5.26 Å². The van der Waals surface area contributed by atoms with Crippen LogP contribution in [0.5, 0.6) is 5.75 Å². The van der Waals surface area contributed by atoms with Crippen LogP contribution in [0.4, 0.5) is 0 Å². The normalized spacial score (nSPS) is 9.41. The van der Waals surface area contributed by atoms with E-state index in [9.17, 15) is 4.79 Å². The molecular formula is C12H14N2O3. The number of amides is 1. The highest BCUT2D eigenvalue weighted by molar-refractivity contribution is 5.77. The Balaban J connectivity index is 2.29. The van der Waals surface area contributed by atoms with Gasteiger partial charge in [-0.3, -0.25) is 4.79 Å². The summed E-state index contributed by atoms with van der Waals surface area (Å²) in [7, 11) is 0. The molecule has 0 aliphatic carbocycles. The highest BCUT2D eigenvalue weighted by atomic mass is 16.5. The van der Waals surface area contributed by atoms with Crippen LogP contribution in [0.25, 0.3) is 0 Å². The molecule has 5 nitrogen and oxygen atoms in total. The van der Waals surface area contributed by atoms with Gasteiger partial charge in [-0.25, -0.2) is 0 Å². The molecule has 0 heterocycles. The minimum Gasteiger partial charge on any atom is -0.484 e. The van der Waals surface area contributed by atoms with E-state index >= 15 is 0 Å². The van der Waals surface area contributed by atoms with Gasteiger partial charge in [-0.1, -0.05) is 12.1 Å². The SMILES string of the molecule is N#CCCNC(=O)COc1ccc(CO)cc1. The fourth-order valence-corrected chi connectivity index (χ4v) is 1.15. The highest BCUT2D eigenvalue weighted by Crippen LogP contribution is 2.11. The number of ether oxygens (including phenoxy) is 1. The van der Waals surface area contributed by atoms with Crippen LogP contribution in [0.15, 0.2) is 24.3 Å². The molecular weight excluding hydrogens is 220 g/mol. The number of aliphatic hydroxyl groups is 1. The Morgan fingerprint density at radius 2 is 2.12 bits per heavy atom. The number of hydrogen-bond acceptors (Lipinski definition) is 4. The minimum atomic E-state index is -0.258. The fourth-order valence-electron chi connectivity index (χ4n) is 1.15. The average molecular weight is 234 g/mol. The first kappa shape index (κ1) is 13.0. The van der Waals surface area contributed by atoms with E-state index in [4.69, 9.17) is 15.1 Å². The lowest BCUT2D eigenvalue weighted by Crippen LogP contribution is -2.29. The number of nitrogens with one attached hydrogen (secondary N) is 1. The van der Waals surface area contributed by atoms with Crippen molar-refractivity contribution in [2.75, 3.05) is 13.2 Å². The fraction of sp³-hybridized carbons (Fsp3) is 0.333. The summed E-state index contributed by atoms with van der Waals surface area (Å²) >= 11 is 0. The van der Waals surface area contributed by atoms with Crippen LogP contribution in [0, 0.1) is 11.3 Å². The molecule has 0 aliphatic rings. The molecule has 1 aromatic rings. The van der Waals surface area contributed by atoms with Crippen molar-refractivity contribution in [1.82, 2.24) is 5.32 Å². The second-order valence-corrected chi connectivity index (χ2v) is 3.35. The largest absolute Gasteiger partial charge is 0.484 e. The van der Waals surface area contributed by atoms with Gasteiger partial charge in [0, 0.05) is 6.54 Å². The smallest absolute Gasteiger partial charge is 0.257 e. The van der Waals surface area contributed by atoms with Gasteiger partial charge in [0.15, 0.2) is 6.61 Å². The minimum absolute atomic E-state index is 0.0189. The van der Waals surface area contributed by atoms with Crippen LogP contribution in [0.3, 0.4) is 0 Å². The number of hydrogen-bond donors (Lipinski definition) is 2. The Hall–Kier alpha value is -2.06. The molecule has 5 heteroatoms. The van der Waals surface area contributed by atoms with Gasteiger partial charge in [0.1, 0.15) is 5.75 Å². The van der Waals surface area contributed by atoms with Crippen molar-refractivity contribution < 1.29 is 14.6 Å². The third-order valence-corrected chi connectivity index (χ3v) is 2.03. The van der Waals surface area contributed by atoms with Crippen molar-refractivity contribution in [2.45, 2.75) is 13.0 Å². The molecule has 0 fully saturated rings. The topological polar surface area (TPSA) is 82.4 Å². The second kappa shape index (κ2) is 7.25. The zero-order chi connectivity index (χ0) is 12.5. The molecule has 0 saturated heterocycles. The quantitative estimate of drug-likeness (QED) is 0.706. The summed E-state index contributed by atoms with van der Waals surface area (Å²) in [5, 5.41) is 19.7. The van der Waals surface area contributed by atoms with Crippen LogP contribution >= 0.6 is 0 Å². The molecule has 0 aliphatic heterocycles. The highest BCUT2D eigenvalue weighted by Gasteiger charge is 2.01. The molecule has 0 spiro atoms. The maximum atomic E-state index is 11.2. The van der Waals surface area contributed by atoms with Crippen molar-refractivity contribution in [3.05, 3.63) is 29.8 Å². The van der Waals surface area contributed by atoms with Gasteiger partial charge in [0.25, 0.3) is 5.91 Å². The van der Waals surface area contributed by atoms with Crippen molar-refractivity contribution in [2.24, 2.45) is 0 Å². The van der Waals surface area contributed by atoms with Crippen molar-refractivity contribution in [3.8, 4) is 11.8 Å². The third-order valence-electron chi connectivity index (χ3n) is 2.03. The molecule has 1 amide bonds. The summed E-state index contributed by atoms with van der Waals surface area (Å²) < 4.78 is 5.22. The summed E-state index contributed by atoms with van der Waals surface area (Å²) in [6.07, 6.45) is 0.289. The van der Waals surface area contributed by atoms with Crippen molar-refractivity contribution in [1.29, 1.82) is 5.26 Å². The number of nitriles is 1. The molecule has 1 aromatic carbocycles. The number of aliphatic hydroxyl groups excluding tert-OH is 1. The molecule has 0 bridgehead atoms. The second-order valence-electron chi connectivity index (χ2n) is 3.35. The number of carbonyl (C=O) groups excluding carboxylic acids is 1. The van der Waals surface area contributed by atoms with Crippen molar-refractivity contribution in [3.63, 3.8) is 0 Å². The maximum Gasteiger partial charge on any atom is 0.257 e. The van der Waals surface area contributed by atoms with Crippen LogP contribution in [-0.2, 0) is 11.4 Å². The Morgan fingerprint density at radius 1 is 1.41 bits per heavy atom. The predicted molar refractivity (Wildman–Crippen MR) is 61.1 cm³/mol. The van der Waals surface area contributed by atoms with E-state index in [0.29, 0.717) is 12.3 Å². The zero-order valence-corrected chi connectivity index (χ0v) is 9.35. The lowest BCUT2D eigenvalue weighted by atomic mass is 10.2. The van der Waals surface area contributed by atoms with E-state index in [1.54, 1.807) is 24.3 Å². The van der Waals surface area contributed by atoms with Gasteiger partial charge in [0.2, 0.25) is 0 Å². The van der Waals surface area contributed by atoms with Gasteiger partial charge in [-0.15, -0.1) is 0 Å². The molecule has 17 heavy (non-hydrogen) atoms. The van der Waals surface area contributed by atoms with E-state index < -0.39 is 0 Å². The monoisotopic (exact) mass is 234 g/mol. The van der Waals surface area contributed by atoms with Crippen LogP contribution in [0.2, 0.25) is 0 Å². The van der Waals surface area contributed by atoms with Crippen LogP contribution < -0.4 is 10.1 Å². The number of rotatable bonds is 6. The molecule has 0 saturated carbocycles. The average Bonchev–Trinajstić information content (AvgIpc) is 2.37. The molecule has 90 valence electrons. The van der Waals surface area contributed by atoms with Gasteiger partial charge in [0.05, 0.1) is 19.1 Å². The van der Waals surface area contributed by atoms with E-state index in [1.807, 2.05) is 6.07 Å². The lowest BCUT2D eigenvalue weighted by Gasteiger charge is -2.06. The summed E-state index contributed by atoms with van der Waals surface area (Å²) in [6, 6.07) is 8.76. The van der Waals surface area contributed by atoms with Gasteiger partial charge in [-0.05, 0) is 17.7 Å². The summed E-state index contributed by atoms with van der Waals surface area (Å²) in [5.41, 5.74) is 0.788. The van der Waals surface area contributed by atoms with E-state index in [2.05, 4.69) is 5.32 Å². The Morgan fingerprint density at radius 3 is 2.71 bits per heavy atom. The summed E-state index contributed by atoms with van der Waals surface area (Å²) in [5.74, 6) is 0.309.